The van der Waals surface area contributed by atoms with Gasteiger partial charge in [-0.15, -0.1) is 0 Å². The van der Waals surface area contributed by atoms with Gasteiger partial charge in [-0.05, 0) is 41.0 Å². The normalized spacial score (nSPS) is 11.5. The van der Waals surface area contributed by atoms with Crippen molar-refractivity contribution in [2.24, 2.45) is 0 Å². The Hall–Kier alpha value is -4.20. The van der Waals surface area contributed by atoms with Gasteiger partial charge in [-0.2, -0.15) is 10.5 Å². The van der Waals surface area contributed by atoms with Crippen LogP contribution in [0.25, 0.3) is 12.2 Å². The number of nitriles is 2. The van der Waals surface area contributed by atoms with Crippen LogP contribution in [0.3, 0.4) is 0 Å². The van der Waals surface area contributed by atoms with Crippen molar-refractivity contribution >= 4 is 12.2 Å². The fraction of sp³-hybridized carbons (Fsp3) is 0.200. The Kier molecular flexibility index (Phi) is 8.91. The van der Waals surface area contributed by atoms with Crippen LogP contribution in [0.4, 0.5) is 0 Å². The molecule has 0 radical (unpaired) electrons. The highest BCUT2D eigenvalue weighted by Gasteiger charge is 2.13. The minimum Gasteiger partial charge on any atom is -0.493 e. The molecule has 0 fully saturated rings. The maximum absolute atomic E-state index is 10.0. The molecule has 0 bridgehead atoms. The zero-order valence-corrected chi connectivity index (χ0v) is 18.3. The largest absolute Gasteiger partial charge is 0.493 e. The van der Waals surface area contributed by atoms with Crippen LogP contribution in [0.15, 0.2) is 59.7 Å². The number of aliphatic hydroxyl groups excluding tert-OH is 1. The lowest BCUT2D eigenvalue weighted by Gasteiger charge is -2.09. The average Bonchev–Trinajstić information content (AvgIpc) is 2.84. The number of hydrogen-bond donors (Lipinski definition) is 1. The third-order valence-electron chi connectivity index (χ3n) is 4.55. The summed E-state index contributed by atoms with van der Waals surface area (Å²) < 4.78 is 21.1. The van der Waals surface area contributed by atoms with Crippen molar-refractivity contribution in [3.05, 3.63) is 70.8 Å². The smallest absolute Gasteiger partial charge is 0.176 e. The molecular weight excluding hydrogens is 408 g/mol. The van der Waals surface area contributed by atoms with E-state index in [0.717, 1.165) is 11.1 Å². The summed E-state index contributed by atoms with van der Waals surface area (Å²) in [6, 6.07) is 14.3. The summed E-state index contributed by atoms with van der Waals surface area (Å²) in [7, 11) is 6.19. The van der Waals surface area contributed by atoms with Crippen LogP contribution in [0.1, 0.15) is 11.1 Å². The van der Waals surface area contributed by atoms with E-state index in [9.17, 15) is 10.4 Å². The number of methoxy groups -OCH3 is 4. The second-order valence-corrected chi connectivity index (χ2v) is 6.41. The zero-order chi connectivity index (χ0) is 23.5. The number of allylic oxidation sites excluding steroid dienone is 3. The Morgan fingerprint density at radius 3 is 1.56 bits per heavy atom. The van der Waals surface area contributed by atoms with E-state index in [2.05, 4.69) is 0 Å². The first-order valence-electron chi connectivity index (χ1n) is 9.53. The van der Waals surface area contributed by atoms with E-state index >= 15 is 0 Å². The van der Waals surface area contributed by atoms with Crippen LogP contribution in [-0.4, -0.2) is 39.6 Å². The Labute approximate surface area is 187 Å². The number of benzene rings is 2. The zero-order valence-electron chi connectivity index (χ0n) is 18.3. The lowest BCUT2D eigenvalue weighted by molar-refractivity contribution is 0.270. The molecule has 0 aliphatic heterocycles. The Balaban J connectivity index is 2.48. The fourth-order valence-corrected chi connectivity index (χ4v) is 2.87. The van der Waals surface area contributed by atoms with Crippen LogP contribution in [0, 0.1) is 22.7 Å². The monoisotopic (exact) mass is 432 g/mol. The third kappa shape index (κ3) is 5.91. The van der Waals surface area contributed by atoms with Crippen LogP contribution in [0.5, 0.6) is 23.0 Å². The van der Waals surface area contributed by atoms with Crippen molar-refractivity contribution in [2.45, 2.75) is 6.10 Å². The van der Waals surface area contributed by atoms with Crippen LogP contribution < -0.4 is 18.9 Å². The van der Waals surface area contributed by atoms with Gasteiger partial charge < -0.3 is 24.1 Å². The molecule has 7 nitrogen and oxygen atoms in total. The minimum atomic E-state index is -1.56. The predicted molar refractivity (Wildman–Crippen MR) is 121 cm³/mol. The highest BCUT2D eigenvalue weighted by atomic mass is 16.5. The molecular formula is C25H24N2O5. The van der Waals surface area contributed by atoms with Gasteiger partial charge in [0.1, 0.15) is 0 Å². The molecule has 0 amide bonds. The number of nitrogens with zero attached hydrogens (tertiary/aromatic N) is 2. The van der Waals surface area contributed by atoms with Crippen LogP contribution in [0.2, 0.25) is 0 Å². The topological polar surface area (TPSA) is 105 Å². The van der Waals surface area contributed by atoms with Gasteiger partial charge in [0.05, 0.1) is 46.2 Å². The van der Waals surface area contributed by atoms with Gasteiger partial charge in [-0.25, -0.2) is 0 Å². The third-order valence-corrected chi connectivity index (χ3v) is 4.55. The Morgan fingerprint density at radius 2 is 1.22 bits per heavy atom. The summed E-state index contributed by atoms with van der Waals surface area (Å²) in [5.41, 5.74) is 1.87. The van der Waals surface area contributed by atoms with E-state index < -0.39 is 6.10 Å². The summed E-state index contributed by atoms with van der Waals surface area (Å²) in [5.74, 6) is 2.29. The van der Waals surface area contributed by atoms with E-state index in [0.29, 0.717) is 28.6 Å². The van der Waals surface area contributed by atoms with Gasteiger partial charge in [-0.3, -0.25) is 0 Å². The van der Waals surface area contributed by atoms with E-state index in [-0.39, 0.29) is 5.57 Å². The van der Waals surface area contributed by atoms with Gasteiger partial charge in [0.15, 0.2) is 29.1 Å². The number of aliphatic hydroxyl groups is 1. The van der Waals surface area contributed by atoms with Gasteiger partial charge in [0.2, 0.25) is 0 Å². The van der Waals surface area contributed by atoms with E-state index in [1.54, 1.807) is 83.1 Å². The maximum atomic E-state index is 10.0. The maximum Gasteiger partial charge on any atom is 0.176 e. The highest BCUT2D eigenvalue weighted by Crippen LogP contribution is 2.29. The van der Waals surface area contributed by atoms with E-state index in [4.69, 9.17) is 24.2 Å². The fourth-order valence-electron chi connectivity index (χ4n) is 2.87. The molecule has 1 N–H and O–H groups in total. The summed E-state index contributed by atoms with van der Waals surface area (Å²) in [5, 5.41) is 28.6. The van der Waals surface area contributed by atoms with Crippen molar-refractivity contribution in [2.75, 3.05) is 28.4 Å². The standard InChI is InChI=1S/C25H24N2O5/c1-29-22-11-7-17(13-24(22)31-3)5-9-19(20(15-26)21(28)16-27)10-6-18-8-12-23(30-2)25(14-18)32-4/h5-14,21,28H,1-4H3. The Bertz CT molecular complexity index is 1050. The van der Waals surface area contributed by atoms with Crippen LogP contribution >= 0.6 is 0 Å². The SMILES string of the molecule is COc1ccc(C=CC(C=Cc2ccc(OC)c(OC)c2)=C(C#N)C(O)C#N)cc1OC. The number of hydrogen-bond acceptors (Lipinski definition) is 7. The van der Waals surface area contributed by atoms with Crippen molar-refractivity contribution in [1.82, 2.24) is 0 Å². The summed E-state index contributed by atoms with van der Waals surface area (Å²) in [6.45, 7) is 0. The molecule has 2 aromatic carbocycles. The van der Waals surface area contributed by atoms with Gasteiger partial charge >= 0.3 is 0 Å². The van der Waals surface area contributed by atoms with Crippen LogP contribution in [-0.2, 0) is 0 Å². The first-order chi connectivity index (χ1) is 15.5. The molecule has 7 heteroatoms. The van der Waals surface area contributed by atoms with E-state index in [1.165, 1.54) is 0 Å². The quantitative estimate of drug-likeness (QED) is 0.360. The van der Waals surface area contributed by atoms with Gasteiger partial charge in [0.25, 0.3) is 0 Å². The minimum absolute atomic E-state index is 0.0686. The second-order valence-electron chi connectivity index (χ2n) is 6.41. The molecule has 0 aromatic heterocycles. The molecule has 0 spiro atoms. The lowest BCUT2D eigenvalue weighted by Crippen LogP contribution is -2.07. The lowest BCUT2D eigenvalue weighted by atomic mass is 10.0. The average molecular weight is 432 g/mol. The first-order valence-corrected chi connectivity index (χ1v) is 9.53. The van der Waals surface area contributed by atoms with Gasteiger partial charge in [-0.1, -0.05) is 36.4 Å². The molecule has 0 saturated heterocycles. The van der Waals surface area contributed by atoms with Crippen molar-refractivity contribution in [3.8, 4) is 35.1 Å². The van der Waals surface area contributed by atoms with Gasteiger partial charge in [0, 0.05) is 0 Å². The molecule has 0 saturated carbocycles. The van der Waals surface area contributed by atoms with Crippen molar-refractivity contribution in [3.63, 3.8) is 0 Å². The Morgan fingerprint density at radius 1 is 0.781 bits per heavy atom. The number of rotatable bonds is 9. The predicted octanol–water partition coefficient (Wildman–Crippen LogP) is 4.15. The summed E-state index contributed by atoms with van der Waals surface area (Å²) >= 11 is 0. The first kappa shape index (κ1) is 24.1. The molecule has 164 valence electrons. The second kappa shape index (κ2) is 11.8. The van der Waals surface area contributed by atoms with Crippen molar-refractivity contribution < 1.29 is 24.1 Å². The molecule has 0 aliphatic carbocycles. The molecule has 1 unspecified atom stereocenters. The molecule has 0 aliphatic rings. The molecule has 0 heterocycles. The molecule has 2 aromatic rings. The highest BCUT2D eigenvalue weighted by molar-refractivity contribution is 5.65. The molecule has 32 heavy (non-hydrogen) atoms. The number of ether oxygens (including phenoxy) is 4. The summed E-state index contributed by atoms with van der Waals surface area (Å²) in [4.78, 5) is 0. The summed E-state index contributed by atoms with van der Waals surface area (Å²) in [6.07, 6.45) is 5.24. The molecule has 2 rings (SSSR count). The van der Waals surface area contributed by atoms with Crippen molar-refractivity contribution in [1.29, 1.82) is 10.5 Å². The molecule has 1 atom stereocenters. The van der Waals surface area contributed by atoms with E-state index in [1.807, 2.05) is 18.2 Å².